The first kappa shape index (κ1) is 9.11. The van der Waals surface area contributed by atoms with Gasteiger partial charge in [0.1, 0.15) is 4.33 Å². The standard InChI is InChI=1S/C8H10Cl2O/c1-6(11)7-3-2-4-8(9,10)5-7/h2-4,6,11H,5H2,1H3/t6-/m0/s1. The zero-order valence-corrected chi connectivity index (χ0v) is 7.73. The molecule has 1 nitrogen and oxygen atoms in total. The molecule has 0 saturated heterocycles. The van der Waals surface area contributed by atoms with Crippen molar-refractivity contribution in [3.63, 3.8) is 0 Å². The smallest absolute Gasteiger partial charge is 0.140 e. The van der Waals surface area contributed by atoms with Crippen molar-refractivity contribution < 1.29 is 5.11 Å². The van der Waals surface area contributed by atoms with Crippen LogP contribution in [0, 0.1) is 0 Å². The van der Waals surface area contributed by atoms with Crippen LogP contribution < -0.4 is 0 Å². The van der Waals surface area contributed by atoms with Gasteiger partial charge in [0.2, 0.25) is 0 Å². The van der Waals surface area contributed by atoms with E-state index in [0.29, 0.717) is 6.42 Å². The lowest BCUT2D eigenvalue weighted by Crippen LogP contribution is -2.18. The van der Waals surface area contributed by atoms with E-state index < -0.39 is 10.4 Å². The topological polar surface area (TPSA) is 20.2 Å². The van der Waals surface area contributed by atoms with Crippen LogP contribution in [0.3, 0.4) is 0 Å². The van der Waals surface area contributed by atoms with Crippen molar-refractivity contribution in [1.29, 1.82) is 0 Å². The summed E-state index contributed by atoms with van der Waals surface area (Å²) in [5, 5.41) is 9.19. The molecule has 0 radical (unpaired) electrons. The molecule has 1 atom stereocenters. The Morgan fingerprint density at radius 1 is 1.64 bits per heavy atom. The van der Waals surface area contributed by atoms with Crippen LogP contribution in [0.25, 0.3) is 0 Å². The number of halogens is 2. The molecule has 0 spiro atoms. The molecule has 0 aromatic rings. The molecule has 0 heterocycles. The predicted octanol–water partition coefficient (Wildman–Crippen LogP) is 2.43. The Balaban J connectivity index is 2.73. The molecule has 1 N–H and O–H groups in total. The maximum atomic E-state index is 9.19. The molecule has 3 heteroatoms. The number of aliphatic hydroxyl groups is 1. The van der Waals surface area contributed by atoms with E-state index in [1.165, 1.54) is 0 Å². The van der Waals surface area contributed by atoms with Crippen LogP contribution in [0.2, 0.25) is 0 Å². The average Bonchev–Trinajstić information content (AvgIpc) is 1.85. The fourth-order valence-corrected chi connectivity index (χ4v) is 1.44. The van der Waals surface area contributed by atoms with Crippen LogP contribution in [0.15, 0.2) is 23.8 Å². The second-order valence-corrected chi connectivity index (χ2v) is 4.26. The highest BCUT2D eigenvalue weighted by Gasteiger charge is 2.25. The number of alkyl halides is 2. The summed E-state index contributed by atoms with van der Waals surface area (Å²) in [6, 6.07) is 0. The molecule has 0 fully saturated rings. The molecule has 0 amide bonds. The summed E-state index contributed by atoms with van der Waals surface area (Å²) in [7, 11) is 0. The SMILES string of the molecule is C[C@H](O)C1=CC=CC(Cl)(Cl)C1. The van der Waals surface area contributed by atoms with Gasteiger partial charge in [-0.3, -0.25) is 0 Å². The molecular weight excluding hydrogens is 183 g/mol. The summed E-state index contributed by atoms with van der Waals surface area (Å²) in [6.07, 6.45) is 5.36. The lowest BCUT2D eigenvalue weighted by Gasteiger charge is -2.21. The van der Waals surface area contributed by atoms with Crippen LogP contribution in [0.5, 0.6) is 0 Å². The normalized spacial score (nSPS) is 24.5. The predicted molar refractivity (Wildman–Crippen MR) is 48.0 cm³/mol. The fourth-order valence-electron chi connectivity index (χ4n) is 0.989. The maximum Gasteiger partial charge on any atom is 0.140 e. The van der Waals surface area contributed by atoms with E-state index >= 15 is 0 Å². The first-order valence-electron chi connectivity index (χ1n) is 3.45. The fraction of sp³-hybridized carbons (Fsp3) is 0.500. The van der Waals surface area contributed by atoms with Gasteiger partial charge < -0.3 is 5.11 Å². The molecule has 11 heavy (non-hydrogen) atoms. The maximum absolute atomic E-state index is 9.19. The Morgan fingerprint density at radius 3 is 2.64 bits per heavy atom. The summed E-state index contributed by atoms with van der Waals surface area (Å²) < 4.78 is -0.832. The third kappa shape index (κ3) is 2.51. The minimum Gasteiger partial charge on any atom is -0.389 e. The number of allylic oxidation sites excluding steroid dienone is 3. The van der Waals surface area contributed by atoms with Crippen LogP contribution in [-0.2, 0) is 0 Å². The number of aliphatic hydroxyl groups excluding tert-OH is 1. The van der Waals surface area contributed by atoms with Crippen LogP contribution in [-0.4, -0.2) is 15.5 Å². The second-order valence-electron chi connectivity index (χ2n) is 2.71. The second kappa shape index (κ2) is 3.18. The van der Waals surface area contributed by atoms with Gasteiger partial charge in [-0.15, -0.1) is 0 Å². The lowest BCUT2D eigenvalue weighted by atomic mass is 10.0. The van der Waals surface area contributed by atoms with Gasteiger partial charge >= 0.3 is 0 Å². The minimum atomic E-state index is -0.832. The van der Waals surface area contributed by atoms with Gasteiger partial charge in [-0.2, -0.15) is 0 Å². The van der Waals surface area contributed by atoms with Crippen molar-refractivity contribution in [2.75, 3.05) is 0 Å². The van der Waals surface area contributed by atoms with Crippen molar-refractivity contribution in [3.8, 4) is 0 Å². The highest BCUT2D eigenvalue weighted by Crippen LogP contribution is 2.34. The largest absolute Gasteiger partial charge is 0.389 e. The van der Waals surface area contributed by atoms with Crippen LogP contribution >= 0.6 is 23.2 Å². The van der Waals surface area contributed by atoms with Gasteiger partial charge in [0.05, 0.1) is 6.10 Å². The summed E-state index contributed by atoms with van der Waals surface area (Å²) in [4.78, 5) is 0. The zero-order valence-electron chi connectivity index (χ0n) is 6.22. The molecular formula is C8H10Cl2O. The van der Waals surface area contributed by atoms with E-state index in [1.807, 2.05) is 6.08 Å². The van der Waals surface area contributed by atoms with E-state index in [2.05, 4.69) is 0 Å². The molecule has 0 aliphatic heterocycles. The minimum absolute atomic E-state index is 0.461. The summed E-state index contributed by atoms with van der Waals surface area (Å²) in [5.74, 6) is 0. The van der Waals surface area contributed by atoms with Gasteiger partial charge in [-0.1, -0.05) is 35.4 Å². The summed E-state index contributed by atoms with van der Waals surface area (Å²) >= 11 is 11.7. The van der Waals surface area contributed by atoms with Gasteiger partial charge in [0.25, 0.3) is 0 Å². The van der Waals surface area contributed by atoms with E-state index in [9.17, 15) is 5.11 Å². The van der Waals surface area contributed by atoms with E-state index in [4.69, 9.17) is 23.2 Å². The average molecular weight is 193 g/mol. The Hall–Kier alpha value is 0.0200. The quantitative estimate of drug-likeness (QED) is 0.634. The van der Waals surface area contributed by atoms with E-state index in [1.54, 1.807) is 19.1 Å². The highest BCUT2D eigenvalue weighted by molar-refractivity contribution is 6.50. The van der Waals surface area contributed by atoms with Crippen molar-refractivity contribution in [2.24, 2.45) is 0 Å². The molecule has 0 unspecified atom stereocenters. The molecule has 1 aliphatic carbocycles. The van der Waals surface area contributed by atoms with E-state index in [0.717, 1.165) is 5.57 Å². The molecule has 62 valence electrons. The number of hydrogen-bond acceptors (Lipinski definition) is 1. The Bertz CT molecular complexity index is 204. The first-order chi connectivity index (χ1) is 5.01. The summed E-state index contributed by atoms with van der Waals surface area (Å²) in [5.41, 5.74) is 0.873. The first-order valence-corrected chi connectivity index (χ1v) is 4.21. The highest BCUT2D eigenvalue weighted by atomic mass is 35.5. The number of rotatable bonds is 1. The van der Waals surface area contributed by atoms with Gasteiger partial charge in [0, 0.05) is 6.42 Å². The van der Waals surface area contributed by atoms with Crippen molar-refractivity contribution in [2.45, 2.75) is 23.8 Å². The summed E-state index contributed by atoms with van der Waals surface area (Å²) in [6.45, 7) is 1.70. The number of hydrogen-bond donors (Lipinski definition) is 1. The molecule has 0 bridgehead atoms. The monoisotopic (exact) mass is 192 g/mol. The van der Waals surface area contributed by atoms with Crippen LogP contribution in [0.1, 0.15) is 13.3 Å². The van der Waals surface area contributed by atoms with Crippen molar-refractivity contribution in [3.05, 3.63) is 23.8 Å². The molecule has 1 rings (SSSR count). The third-order valence-corrected chi connectivity index (χ3v) is 2.15. The van der Waals surface area contributed by atoms with Crippen LogP contribution in [0.4, 0.5) is 0 Å². The molecule has 1 aliphatic rings. The molecule has 0 saturated carbocycles. The lowest BCUT2D eigenvalue weighted by molar-refractivity contribution is 0.226. The third-order valence-electron chi connectivity index (χ3n) is 1.63. The van der Waals surface area contributed by atoms with Gasteiger partial charge in [-0.05, 0) is 18.6 Å². The van der Waals surface area contributed by atoms with Crippen molar-refractivity contribution >= 4 is 23.2 Å². The Labute approximate surface area is 76.3 Å². The van der Waals surface area contributed by atoms with Gasteiger partial charge in [0.15, 0.2) is 0 Å². The Morgan fingerprint density at radius 2 is 2.27 bits per heavy atom. The van der Waals surface area contributed by atoms with Crippen molar-refractivity contribution in [1.82, 2.24) is 0 Å². The van der Waals surface area contributed by atoms with E-state index in [-0.39, 0.29) is 0 Å². The Kier molecular flexibility index (Phi) is 2.63. The molecule has 0 aromatic heterocycles. The van der Waals surface area contributed by atoms with Gasteiger partial charge in [-0.25, -0.2) is 0 Å². The molecule has 0 aromatic carbocycles. The zero-order chi connectivity index (χ0) is 8.48.